The number of ether oxygens (including phenoxy) is 2. The zero-order valence-electron chi connectivity index (χ0n) is 13.0. The van der Waals surface area contributed by atoms with Crippen molar-refractivity contribution in [1.29, 1.82) is 0 Å². The highest BCUT2D eigenvalue weighted by Gasteiger charge is 2.05. The summed E-state index contributed by atoms with van der Waals surface area (Å²) in [5.74, 6) is -0.620. The van der Waals surface area contributed by atoms with Crippen LogP contribution in [0.2, 0.25) is 0 Å². The van der Waals surface area contributed by atoms with Crippen LogP contribution in [0, 0.1) is 0 Å². The van der Waals surface area contributed by atoms with Crippen molar-refractivity contribution < 1.29 is 24.2 Å². The molecule has 0 fully saturated rings. The van der Waals surface area contributed by atoms with E-state index in [0.29, 0.717) is 18.7 Å². The Kier molecular flexibility index (Phi) is 7.99. The van der Waals surface area contributed by atoms with E-state index in [9.17, 15) is 9.59 Å². The Hall–Kier alpha value is -2.08. The maximum absolute atomic E-state index is 11.5. The molecule has 1 amide bonds. The molecule has 22 heavy (non-hydrogen) atoms. The summed E-state index contributed by atoms with van der Waals surface area (Å²) < 4.78 is 10.4. The van der Waals surface area contributed by atoms with Gasteiger partial charge in [-0.25, -0.2) is 4.79 Å². The topological polar surface area (TPSA) is 84.9 Å². The number of hydrogen-bond acceptors (Lipinski definition) is 4. The Labute approximate surface area is 130 Å². The van der Waals surface area contributed by atoms with Crippen molar-refractivity contribution in [2.45, 2.75) is 32.8 Å². The van der Waals surface area contributed by atoms with Gasteiger partial charge in [0.2, 0.25) is 5.91 Å². The van der Waals surface area contributed by atoms with E-state index < -0.39 is 5.97 Å². The summed E-state index contributed by atoms with van der Waals surface area (Å²) in [7, 11) is 0. The monoisotopic (exact) mass is 309 g/mol. The SMILES string of the molecule is CCC(C)OCC(=O)NCCc1ccc(OCC(=O)O)cc1. The molecule has 0 bridgehead atoms. The lowest BCUT2D eigenvalue weighted by Crippen LogP contribution is -2.30. The van der Waals surface area contributed by atoms with Gasteiger partial charge >= 0.3 is 5.97 Å². The number of hydrogen-bond donors (Lipinski definition) is 2. The van der Waals surface area contributed by atoms with Crippen LogP contribution in [0.25, 0.3) is 0 Å². The largest absolute Gasteiger partial charge is 0.482 e. The van der Waals surface area contributed by atoms with Gasteiger partial charge in [-0.05, 0) is 37.5 Å². The maximum Gasteiger partial charge on any atom is 0.341 e. The number of carbonyl (C=O) groups is 2. The Morgan fingerprint density at radius 2 is 1.91 bits per heavy atom. The molecule has 0 heterocycles. The summed E-state index contributed by atoms with van der Waals surface area (Å²) in [5, 5.41) is 11.3. The van der Waals surface area contributed by atoms with Crippen LogP contribution >= 0.6 is 0 Å². The third kappa shape index (κ3) is 7.64. The van der Waals surface area contributed by atoms with Crippen molar-refractivity contribution in [2.24, 2.45) is 0 Å². The molecule has 1 atom stereocenters. The molecule has 1 aromatic rings. The third-order valence-corrected chi connectivity index (χ3v) is 3.10. The first-order valence-electron chi connectivity index (χ1n) is 7.33. The number of rotatable bonds is 10. The number of benzene rings is 1. The molecule has 0 aliphatic rings. The van der Waals surface area contributed by atoms with E-state index in [1.54, 1.807) is 12.1 Å². The second-order valence-electron chi connectivity index (χ2n) is 4.96. The minimum Gasteiger partial charge on any atom is -0.482 e. The van der Waals surface area contributed by atoms with Crippen LogP contribution in [-0.4, -0.2) is 42.8 Å². The molecule has 0 aliphatic carbocycles. The first-order valence-corrected chi connectivity index (χ1v) is 7.33. The van der Waals surface area contributed by atoms with E-state index in [-0.39, 0.29) is 25.2 Å². The van der Waals surface area contributed by atoms with Gasteiger partial charge in [-0.3, -0.25) is 4.79 Å². The second-order valence-corrected chi connectivity index (χ2v) is 4.96. The molecule has 0 radical (unpaired) electrons. The van der Waals surface area contributed by atoms with Crippen LogP contribution in [0.4, 0.5) is 0 Å². The number of nitrogens with one attached hydrogen (secondary N) is 1. The van der Waals surface area contributed by atoms with Crippen LogP contribution in [0.1, 0.15) is 25.8 Å². The number of carboxylic acid groups (broad SMARTS) is 1. The minimum absolute atomic E-state index is 0.0803. The predicted octanol–water partition coefficient (Wildman–Crippen LogP) is 1.62. The quantitative estimate of drug-likeness (QED) is 0.686. The van der Waals surface area contributed by atoms with E-state index in [1.165, 1.54) is 0 Å². The third-order valence-electron chi connectivity index (χ3n) is 3.10. The van der Waals surface area contributed by atoms with Crippen LogP contribution < -0.4 is 10.1 Å². The number of carbonyl (C=O) groups excluding carboxylic acids is 1. The summed E-state index contributed by atoms with van der Waals surface area (Å²) in [6.45, 7) is 4.19. The second kappa shape index (κ2) is 9.78. The summed E-state index contributed by atoms with van der Waals surface area (Å²) in [6.07, 6.45) is 1.65. The Bertz CT molecular complexity index is 472. The molecule has 0 spiro atoms. The normalized spacial score (nSPS) is 11.7. The molecule has 2 N–H and O–H groups in total. The molecule has 0 aliphatic heterocycles. The highest BCUT2D eigenvalue weighted by molar-refractivity contribution is 5.77. The van der Waals surface area contributed by atoms with Gasteiger partial charge in [0.1, 0.15) is 12.4 Å². The standard InChI is InChI=1S/C16H23NO5/c1-3-12(2)21-10-15(18)17-9-8-13-4-6-14(7-5-13)22-11-16(19)20/h4-7,12H,3,8-11H2,1-2H3,(H,17,18)(H,19,20). The zero-order chi connectivity index (χ0) is 16.4. The van der Waals surface area contributed by atoms with Crippen LogP contribution in [0.5, 0.6) is 5.75 Å². The highest BCUT2D eigenvalue weighted by atomic mass is 16.5. The van der Waals surface area contributed by atoms with E-state index in [0.717, 1.165) is 12.0 Å². The van der Waals surface area contributed by atoms with Crippen molar-refractivity contribution in [3.63, 3.8) is 0 Å². The van der Waals surface area contributed by atoms with Gasteiger partial charge in [0.05, 0.1) is 6.10 Å². The first kappa shape index (κ1) is 18.0. The van der Waals surface area contributed by atoms with E-state index in [1.807, 2.05) is 26.0 Å². The predicted molar refractivity (Wildman–Crippen MR) is 82.0 cm³/mol. The van der Waals surface area contributed by atoms with E-state index in [4.69, 9.17) is 14.6 Å². The van der Waals surface area contributed by atoms with E-state index in [2.05, 4.69) is 5.32 Å². The fourth-order valence-corrected chi connectivity index (χ4v) is 1.63. The molecule has 0 saturated carbocycles. The van der Waals surface area contributed by atoms with Crippen LogP contribution in [0.3, 0.4) is 0 Å². The van der Waals surface area contributed by atoms with Crippen LogP contribution in [0.15, 0.2) is 24.3 Å². The molecule has 0 saturated heterocycles. The highest BCUT2D eigenvalue weighted by Crippen LogP contribution is 2.12. The molecule has 6 heteroatoms. The smallest absolute Gasteiger partial charge is 0.341 e. The first-order chi connectivity index (χ1) is 10.5. The number of amides is 1. The fourth-order valence-electron chi connectivity index (χ4n) is 1.63. The van der Waals surface area contributed by atoms with Gasteiger partial charge in [-0.1, -0.05) is 19.1 Å². The fraction of sp³-hybridized carbons (Fsp3) is 0.500. The van der Waals surface area contributed by atoms with Crippen molar-refractivity contribution in [3.8, 4) is 5.75 Å². The van der Waals surface area contributed by atoms with Crippen molar-refractivity contribution in [1.82, 2.24) is 5.32 Å². The van der Waals surface area contributed by atoms with Crippen LogP contribution in [-0.2, 0) is 20.7 Å². The maximum atomic E-state index is 11.5. The molecule has 1 aromatic carbocycles. The lowest BCUT2D eigenvalue weighted by Gasteiger charge is -2.10. The van der Waals surface area contributed by atoms with E-state index >= 15 is 0 Å². The molecular formula is C16H23NO5. The average Bonchev–Trinajstić information content (AvgIpc) is 2.51. The molecule has 122 valence electrons. The zero-order valence-corrected chi connectivity index (χ0v) is 13.0. The average molecular weight is 309 g/mol. The van der Waals surface area contributed by atoms with Gasteiger partial charge in [0, 0.05) is 6.54 Å². The van der Waals surface area contributed by atoms with Gasteiger partial charge in [-0.2, -0.15) is 0 Å². The number of carboxylic acids is 1. The molecule has 1 unspecified atom stereocenters. The van der Waals surface area contributed by atoms with Gasteiger partial charge in [0.25, 0.3) is 0 Å². The Balaban J connectivity index is 2.24. The lowest BCUT2D eigenvalue weighted by atomic mass is 10.1. The molecule has 1 rings (SSSR count). The van der Waals surface area contributed by atoms with Crippen molar-refractivity contribution in [3.05, 3.63) is 29.8 Å². The van der Waals surface area contributed by atoms with Gasteiger partial charge < -0.3 is 19.9 Å². The van der Waals surface area contributed by atoms with Crippen molar-refractivity contribution in [2.75, 3.05) is 19.8 Å². The molecule has 0 aromatic heterocycles. The Morgan fingerprint density at radius 3 is 2.50 bits per heavy atom. The summed E-state index contributed by atoms with van der Waals surface area (Å²) in [4.78, 5) is 21.9. The van der Waals surface area contributed by atoms with Gasteiger partial charge in [-0.15, -0.1) is 0 Å². The molecule has 6 nitrogen and oxygen atoms in total. The van der Waals surface area contributed by atoms with Gasteiger partial charge in [0.15, 0.2) is 6.61 Å². The summed E-state index contributed by atoms with van der Waals surface area (Å²) >= 11 is 0. The minimum atomic E-state index is -1.01. The molecular weight excluding hydrogens is 286 g/mol. The van der Waals surface area contributed by atoms with Crippen molar-refractivity contribution >= 4 is 11.9 Å². The Morgan fingerprint density at radius 1 is 1.23 bits per heavy atom. The lowest BCUT2D eigenvalue weighted by molar-refractivity contribution is -0.139. The number of aliphatic carboxylic acids is 1. The summed E-state index contributed by atoms with van der Waals surface area (Å²) in [6, 6.07) is 7.12. The summed E-state index contributed by atoms with van der Waals surface area (Å²) in [5.41, 5.74) is 1.03.